The van der Waals surface area contributed by atoms with E-state index in [1.54, 1.807) is 0 Å². The molecule has 23 heavy (non-hydrogen) atoms. The molecule has 2 fully saturated rings. The van der Waals surface area contributed by atoms with E-state index in [4.69, 9.17) is 0 Å². The molecule has 3 nitrogen and oxygen atoms in total. The minimum atomic E-state index is -0.0622. The average Bonchev–Trinajstić information content (AvgIpc) is 2.90. The van der Waals surface area contributed by atoms with Crippen LogP contribution in [0.1, 0.15) is 67.8 Å². The van der Waals surface area contributed by atoms with E-state index in [0.29, 0.717) is 6.54 Å². The van der Waals surface area contributed by atoms with Gasteiger partial charge in [0.25, 0.3) is 5.91 Å². The highest BCUT2D eigenvalue weighted by Crippen LogP contribution is 2.58. The van der Waals surface area contributed by atoms with Gasteiger partial charge in [0.05, 0.1) is 6.61 Å². The van der Waals surface area contributed by atoms with Gasteiger partial charge in [-0.25, -0.2) is 0 Å². The van der Waals surface area contributed by atoms with Crippen LogP contribution in [0.3, 0.4) is 0 Å². The Morgan fingerprint density at radius 2 is 1.78 bits per heavy atom. The molecule has 1 amide bonds. The van der Waals surface area contributed by atoms with Crippen molar-refractivity contribution in [3.8, 4) is 0 Å². The number of nitrogens with zero attached hydrogens (tertiary/aromatic N) is 1. The van der Waals surface area contributed by atoms with Crippen LogP contribution in [0.15, 0.2) is 24.3 Å². The first-order chi connectivity index (χ1) is 11.0. The van der Waals surface area contributed by atoms with Gasteiger partial charge in [-0.1, -0.05) is 44.4 Å². The lowest BCUT2D eigenvalue weighted by Crippen LogP contribution is -2.60. The topological polar surface area (TPSA) is 40.5 Å². The fourth-order valence-corrected chi connectivity index (χ4v) is 5.19. The van der Waals surface area contributed by atoms with Gasteiger partial charge >= 0.3 is 0 Å². The molecule has 1 aromatic carbocycles. The molecule has 0 unspecified atom stereocenters. The van der Waals surface area contributed by atoms with Crippen LogP contribution >= 0.6 is 0 Å². The largest absolute Gasteiger partial charge is 0.395 e. The number of β-amino-alcohol motifs (C(OH)–C–C–N with tert-alkyl or cyclic N) is 1. The van der Waals surface area contributed by atoms with E-state index in [-0.39, 0.29) is 23.5 Å². The number of hydrogen-bond acceptors (Lipinski definition) is 2. The summed E-state index contributed by atoms with van der Waals surface area (Å²) >= 11 is 0. The highest BCUT2D eigenvalue weighted by atomic mass is 16.3. The van der Waals surface area contributed by atoms with E-state index < -0.39 is 0 Å². The van der Waals surface area contributed by atoms with Gasteiger partial charge < -0.3 is 10.0 Å². The fraction of sp³-hybridized carbons (Fsp3) is 0.650. The van der Waals surface area contributed by atoms with Crippen molar-refractivity contribution in [1.29, 1.82) is 0 Å². The molecule has 0 aliphatic heterocycles. The number of benzene rings is 1. The Morgan fingerprint density at radius 1 is 1.13 bits per heavy atom. The van der Waals surface area contributed by atoms with Gasteiger partial charge in [-0.3, -0.25) is 4.79 Å². The molecular formula is C20H29NO2. The Morgan fingerprint density at radius 3 is 2.52 bits per heavy atom. The van der Waals surface area contributed by atoms with Crippen molar-refractivity contribution in [2.45, 2.75) is 64.3 Å². The van der Waals surface area contributed by atoms with Crippen LogP contribution in [0.4, 0.5) is 0 Å². The summed E-state index contributed by atoms with van der Waals surface area (Å²) in [5.41, 5.74) is 1.95. The molecule has 2 atom stereocenters. The molecule has 1 N–H and O–H groups in total. The Bertz CT molecular complexity index is 585. The lowest BCUT2D eigenvalue weighted by molar-refractivity contribution is -0.0295. The third-order valence-corrected chi connectivity index (χ3v) is 6.47. The molecule has 3 heteroatoms. The quantitative estimate of drug-likeness (QED) is 0.914. The van der Waals surface area contributed by atoms with Gasteiger partial charge in [0.15, 0.2) is 0 Å². The SMILES string of the molecule is Cc1ccccc1C(=O)N(CCO)[C@]12CCCC[C@@]1(C)CCC2. The molecule has 0 spiro atoms. The highest BCUT2D eigenvalue weighted by molar-refractivity contribution is 5.96. The molecule has 0 bridgehead atoms. The average molecular weight is 315 g/mol. The zero-order valence-corrected chi connectivity index (χ0v) is 14.5. The van der Waals surface area contributed by atoms with Crippen molar-refractivity contribution in [2.24, 2.45) is 5.41 Å². The first kappa shape index (κ1) is 16.5. The number of aryl methyl sites for hydroxylation is 1. The number of rotatable bonds is 4. The number of aliphatic hydroxyl groups is 1. The van der Waals surface area contributed by atoms with E-state index in [1.165, 1.54) is 32.1 Å². The maximum Gasteiger partial charge on any atom is 0.254 e. The number of aliphatic hydroxyl groups excluding tert-OH is 1. The molecule has 126 valence electrons. The van der Waals surface area contributed by atoms with Crippen LogP contribution in [-0.4, -0.2) is 34.6 Å². The summed E-state index contributed by atoms with van der Waals surface area (Å²) < 4.78 is 0. The van der Waals surface area contributed by atoms with Crippen molar-refractivity contribution < 1.29 is 9.90 Å². The first-order valence-corrected chi connectivity index (χ1v) is 9.03. The van der Waals surface area contributed by atoms with Crippen LogP contribution in [-0.2, 0) is 0 Å². The van der Waals surface area contributed by atoms with Crippen LogP contribution in [0.2, 0.25) is 0 Å². The Balaban J connectivity index is 2.01. The second-order valence-corrected chi connectivity index (χ2v) is 7.65. The zero-order chi connectivity index (χ0) is 16.5. The number of amides is 1. The van der Waals surface area contributed by atoms with Crippen molar-refractivity contribution in [3.05, 3.63) is 35.4 Å². The summed E-state index contributed by atoms with van der Waals surface area (Å²) in [6.07, 6.45) is 8.23. The number of carbonyl (C=O) groups is 1. The van der Waals surface area contributed by atoms with E-state index in [0.717, 1.165) is 24.0 Å². The van der Waals surface area contributed by atoms with E-state index in [1.807, 2.05) is 36.1 Å². The molecule has 0 heterocycles. The Hall–Kier alpha value is -1.35. The molecular weight excluding hydrogens is 286 g/mol. The molecule has 1 aromatic rings. The summed E-state index contributed by atoms with van der Waals surface area (Å²) in [5, 5.41) is 9.64. The molecule has 3 rings (SSSR count). The van der Waals surface area contributed by atoms with Gasteiger partial charge in [-0.15, -0.1) is 0 Å². The smallest absolute Gasteiger partial charge is 0.254 e. The number of carbonyl (C=O) groups excluding carboxylic acids is 1. The zero-order valence-electron chi connectivity index (χ0n) is 14.5. The Kier molecular flexibility index (Phi) is 4.50. The highest BCUT2D eigenvalue weighted by Gasteiger charge is 2.57. The maximum atomic E-state index is 13.3. The van der Waals surface area contributed by atoms with Gasteiger partial charge in [-0.05, 0) is 49.7 Å². The van der Waals surface area contributed by atoms with Gasteiger partial charge in [0.1, 0.15) is 0 Å². The van der Waals surface area contributed by atoms with Crippen LogP contribution in [0, 0.1) is 12.3 Å². The summed E-state index contributed by atoms with van der Waals surface area (Å²) in [5.74, 6) is 0.104. The van der Waals surface area contributed by atoms with E-state index in [2.05, 4.69) is 6.92 Å². The maximum absolute atomic E-state index is 13.3. The van der Waals surface area contributed by atoms with Crippen LogP contribution in [0.25, 0.3) is 0 Å². The lowest BCUT2D eigenvalue weighted by atomic mass is 9.63. The van der Waals surface area contributed by atoms with Crippen molar-refractivity contribution in [2.75, 3.05) is 13.2 Å². The van der Waals surface area contributed by atoms with Crippen LogP contribution < -0.4 is 0 Å². The molecule has 0 saturated heterocycles. The fourth-order valence-electron chi connectivity index (χ4n) is 5.19. The van der Waals surface area contributed by atoms with Gasteiger partial charge in [0, 0.05) is 17.6 Å². The molecule has 2 aliphatic rings. The summed E-state index contributed by atoms with van der Waals surface area (Å²) in [6.45, 7) is 4.85. The minimum absolute atomic E-state index is 0.0372. The van der Waals surface area contributed by atoms with Crippen molar-refractivity contribution in [1.82, 2.24) is 4.90 Å². The molecule has 2 aliphatic carbocycles. The number of hydrogen-bond donors (Lipinski definition) is 1. The summed E-state index contributed by atoms with van der Waals surface area (Å²) in [6, 6.07) is 7.83. The third-order valence-electron chi connectivity index (χ3n) is 6.47. The molecule has 0 aromatic heterocycles. The normalized spacial score (nSPS) is 30.0. The third kappa shape index (κ3) is 2.59. The van der Waals surface area contributed by atoms with Gasteiger partial charge in [-0.2, -0.15) is 0 Å². The monoisotopic (exact) mass is 315 g/mol. The van der Waals surface area contributed by atoms with Crippen LogP contribution in [0.5, 0.6) is 0 Å². The van der Waals surface area contributed by atoms with Crippen molar-refractivity contribution >= 4 is 5.91 Å². The predicted molar refractivity (Wildman–Crippen MR) is 92.5 cm³/mol. The molecule has 0 radical (unpaired) electrons. The van der Waals surface area contributed by atoms with Gasteiger partial charge in [0.2, 0.25) is 0 Å². The second-order valence-electron chi connectivity index (χ2n) is 7.65. The predicted octanol–water partition coefficient (Wildman–Crippen LogP) is 3.93. The van der Waals surface area contributed by atoms with E-state index >= 15 is 0 Å². The molecule has 2 saturated carbocycles. The number of fused-ring (bicyclic) bond motifs is 1. The standard InChI is InChI=1S/C20H29NO2/c1-16-8-3-4-9-17(16)18(23)21(14-15-22)20-12-6-5-10-19(20,2)11-7-13-20/h3-4,8-9,22H,5-7,10-15H2,1-2H3/t19-,20-/m0/s1. The minimum Gasteiger partial charge on any atom is -0.395 e. The second kappa shape index (κ2) is 6.27. The summed E-state index contributed by atoms with van der Waals surface area (Å²) in [4.78, 5) is 15.4. The first-order valence-electron chi connectivity index (χ1n) is 9.03. The van der Waals surface area contributed by atoms with E-state index in [9.17, 15) is 9.90 Å². The lowest BCUT2D eigenvalue weighted by Gasteiger charge is -2.54. The van der Waals surface area contributed by atoms with Crippen molar-refractivity contribution in [3.63, 3.8) is 0 Å². The summed E-state index contributed by atoms with van der Waals surface area (Å²) in [7, 11) is 0. The Labute approximate surface area is 139 Å².